The first-order valence-electron chi connectivity index (χ1n) is 7.51. The Kier molecular flexibility index (Phi) is 3.42. The van der Waals surface area contributed by atoms with Crippen LogP contribution in [0.5, 0.6) is 0 Å². The summed E-state index contributed by atoms with van der Waals surface area (Å²) in [6.45, 7) is 5.96. The summed E-state index contributed by atoms with van der Waals surface area (Å²) in [4.78, 5) is 4.41. The standard InChI is InChI=1S/C15H25N3/c1-11-5-6-13(8-12(11)2)18-10-16-9-15(18)14-4-3-7-17-14/h9-14,17H,3-8H2,1-2H3/t11?,12?,13?,14-/m0/s1. The molecule has 18 heavy (non-hydrogen) atoms. The molecule has 1 aromatic rings. The van der Waals surface area contributed by atoms with Gasteiger partial charge in [0.25, 0.3) is 0 Å². The maximum absolute atomic E-state index is 4.41. The van der Waals surface area contributed by atoms with Crippen molar-refractivity contribution in [2.45, 2.75) is 58.0 Å². The molecule has 2 fully saturated rings. The van der Waals surface area contributed by atoms with Crippen LogP contribution in [0, 0.1) is 11.8 Å². The Morgan fingerprint density at radius 3 is 2.83 bits per heavy atom. The summed E-state index contributed by atoms with van der Waals surface area (Å²) in [5, 5.41) is 3.60. The molecule has 1 saturated heterocycles. The minimum Gasteiger partial charge on any atom is -0.330 e. The second-order valence-electron chi connectivity index (χ2n) is 6.30. The first-order chi connectivity index (χ1) is 8.75. The molecule has 0 bridgehead atoms. The fraction of sp³-hybridized carbons (Fsp3) is 0.800. The summed E-state index contributed by atoms with van der Waals surface area (Å²) in [7, 11) is 0. The third-order valence-electron chi connectivity index (χ3n) is 5.08. The van der Waals surface area contributed by atoms with E-state index in [4.69, 9.17) is 0 Å². The number of hydrogen-bond donors (Lipinski definition) is 1. The monoisotopic (exact) mass is 247 g/mol. The van der Waals surface area contributed by atoms with Gasteiger partial charge in [0.2, 0.25) is 0 Å². The second kappa shape index (κ2) is 5.04. The summed E-state index contributed by atoms with van der Waals surface area (Å²) in [6, 6.07) is 1.22. The van der Waals surface area contributed by atoms with E-state index in [9.17, 15) is 0 Å². The van der Waals surface area contributed by atoms with E-state index in [1.165, 1.54) is 37.8 Å². The van der Waals surface area contributed by atoms with Crippen LogP contribution < -0.4 is 5.32 Å². The van der Waals surface area contributed by atoms with Gasteiger partial charge in [0.05, 0.1) is 12.0 Å². The fourth-order valence-corrected chi connectivity index (χ4v) is 3.60. The van der Waals surface area contributed by atoms with Crippen LogP contribution in [0.2, 0.25) is 0 Å². The lowest BCUT2D eigenvalue weighted by molar-refractivity contribution is 0.206. The van der Waals surface area contributed by atoms with Gasteiger partial charge in [0, 0.05) is 18.3 Å². The van der Waals surface area contributed by atoms with Crippen molar-refractivity contribution in [3.05, 3.63) is 18.2 Å². The van der Waals surface area contributed by atoms with Crippen LogP contribution in [0.4, 0.5) is 0 Å². The summed E-state index contributed by atoms with van der Waals surface area (Å²) >= 11 is 0. The number of aromatic nitrogens is 2. The molecule has 1 aliphatic carbocycles. The van der Waals surface area contributed by atoms with E-state index in [0.29, 0.717) is 12.1 Å². The highest BCUT2D eigenvalue weighted by molar-refractivity contribution is 5.09. The van der Waals surface area contributed by atoms with Crippen molar-refractivity contribution < 1.29 is 0 Å². The summed E-state index contributed by atoms with van der Waals surface area (Å²) < 4.78 is 2.46. The largest absolute Gasteiger partial charge is 0.330 e. The molecule has 1 N–H and O–H groups in total. The molecule has 4 atom stereocenters. The topological polar surface area (TPSA) is 29.9 Å². The van der Waals surface area contributed by atoms with Crippen LogP contribution in [0.3, 0.4) is 0 Å². The first-order valence-corrected chi connectivity index (χ1v) is 7.51. The number of hydrogen-bond acceptors (Lipinski definition) is 2. The summed E-state index contributed by atoms with van der Waals surface area (Å²) in [5.41, 5.74) is 1.42. The van der Waals surface area contributed by atoms with Crippen LogP contribution in [0.15, 0.2) is 12.5 Å². The molecule has 0 aromatic carbocycles. The number of imidazole rings is 1. The first kappa shape index (κ1) is 12.2. The van der Waals surface area contributed by atoms with Crippen molar-refractivity contribution in [1.82, 2.24) is 14.9 Å². The molecular formula is C15H25N3. The molecule has 3 unspecified atom stereocenters. The molecule has 0 radical (unpaired) electrons. The van der Waals surface area contributed by atoms with Crippen LogP contribution in [-0.4, -0.2) is 16.1 Å². The van der Waals surface area contributed by atoms with Crippen LogP contribution in [-0.2, 0) is 0 Å². The molecule has 1 aliphatic heterocycles. The van der Waals surface area contributed by atoms with Gasteiger partial charge in [-0.2, -0.15) is 0 Å². The van der Waals surface area contributed by atoms with Crippen molar-refractivity contribution >= 4 is 0 Å². The zero-order valence-electron chi connectivity index (χ0n) is 11.6. The van der Waals surface area contributed by atoms with Crippen LogP contribution in [0.25, 0.3) is 0 Å². The lowest BCUT2D eigenvalue weighted by atomic mass is 9.79. The molecule has 0 spiro atoms. The number of nitrogens with zero attached hydrogens (tertiary/aromatic N) is 2. The van der Waals surface area contributed by atoms with E-state index >= 15 is 0 Å². The molecule has 3 heteroatoms. The quantitative estimate of drug-likeness (QED) is 0.869. The molecular weight excluding hydrogens is 222 g/mol. The van der Waals surface area contributed by atoms with Crippen molar-refractivity contribution in [3.8, 4) is 0 Å². The van der Waals surface area contributed by atoms with Gasteiger partial charge < -0.3 is 9.88 Å². The predicted octanol–water partition coefficient (Wildman–Crippen LogP) is 3.30. The van der Waals surface area contributed by atoms with Crippen molar-refractivity contribution in [2.75, 3.05) is 6.54 Å². The Balaban J connectivity index is 1.78. The fourth-order valence-electron chi connectivity index (χ4n) is 3.60. The third kappa shape index (κ3) is 2.20. The van der Waals surface area contributed by atoms with Gasteiger partial charge in [-0.3, -0.25) is 0 Å². The molecule has 1 saturated carbocycles. The van der Waals surface area contributed by atoms with Gasteiger partial charge in [-0.25, -0.2) is 4.98 Å². The van der Waals surface area contributed by atoms with Crippen LogP contribution >= 0.6 is 0 Å². The average molecular weight is 247 g/mol. The van der Waals surface area contributed by atoms with Gasteiger partial charge in [-0.1, -0.05) is 13.8 Å². The maximum atomic E-state index is 4.41. The Labute approximate surface area is 110 Å². The minimum atomic E-state index is 0.544. The molecule has 3 rings (SSSR count). The smallest absolute Gasteiger partial charge is 0.0951 e. The van der Waals surface area contributed by atoms with E-state index in [1.807, 2.05) is 0 Å². The van der Waals surface area contributed by atoms with Crippen LogP contribution in [0.1, 0.15) is 63.7 Å². The predicted molar refractivity (Wildman–Crippen MR) is 73.4 cm³/mol. The lowest BCUT2D eigenvalue weighted by Crippen LogP contribution is -2.26. The van der Waals surface area contributed by atoms with Gasteiger partial charge in [-0.05, 0) is 50.5 Å². The van der Waals surface area contributed by atoms with Crippen molar-refractivity contribution in [1.29, 1.82) is 0 Å². The molecule has 100 valence electrons. The molecule has 3 nitrogen and oxygen atoms in total. The van der Waals surface area contributed by atoms with E-state index in [0.717, 1.165) is 18.4 Å². The van der Waals surface area contributed by atoms with Gasteiger partial charge in [-0.15, -0.1) is 0 Å². The summed E-state index contributed by atoms with van der Waals surface area (Å²) in [5.74, 6) is 1.73. The third-order valence-corrected chi connectivity index (χ3v) is 5.08. The van der Waals surface area contributed by atoms with Gasteiger partial charge >= 0.3 is 0 Å². The highest BCUT2D eigenvalue weighted by Crippen LogP contribution is 2.38. The zero-order valence-corrected chi connectivity index (χ0v) is 11.6. The Bertz CT molecular complexity index is 392. The van der Waals surface area contributed by atoms with E-state index < -0.39 is 0 Å². The van der Waals surface area contributed by atoms with E-state index in [-0.39, 0.29) is 0 Å². The lowest BCUT2D eigenvalue weighted by Gasteiger charge is -2.34. The highest BCUT2D eigenvalue weighted by atomic mass is 15.1. The van der Waals surface area contributed by atoms with E-state index in [1.54, 1.807) is 0 Å². The van der Waals surface area contributed by atoms with Gasteiger partial charge in [0.1, 0.15) is 0 Å². The molecule has 1 aromatic heterocycles. The van der Waals surface area contributed by atoms with Crippen molar-refractivity contribution in [3.63, 3.8) is 0 Å². The van der Waals surface area contributed by atoms with Gasteiger partial charge in [0.15, 0.2) is 0 Å². The molecule has 2 aliphatic rings. The maximum Gasteiger partial charge on any atom is 0.0951 e. The SMILES string of the molecule is CC1CCC(n2cncc2[C@@H]2CCCN2)CC1C. The number of nitrogens with one attached hydrogen (secondary N) is 1. The molecule has 2 heterocycles. The summed E-state index contributed by atoms with van der Waals surface area (Å²) in [6.07, 6.45) is 10.7. The van der Waals surface area contributed by atoms with E-state index in [2.05, 4.69) is 41.2 Å². The highest BCUT2D eigenvalue weighted by Gasteiger charge is 2.28. The minimum absolute atomic E-state index is 0.544. The molecule has 0 amide bonds. The Morgan fingerprint density at radius 1 is 1.22 bits per heavy atom. The Morgan fingerprint density at radius 2 is 2.11 bits per heavy atom. The Hall–Kier alpha value is -0.830. The normalized spacial score (nSPS) is 37.0. The average Bonchev–Trinajstić information content (AvgIpc) is 3.00. The second-order valence-corrected chi connectivity index (χ2v) is 6.30. The number of rotatable bonds is 2. The van der Waals surface area contributed by atoms with Crippen molar-refractivity contribution in [2.24, 2.45) is 11.8 Å². The zero-order chi connectivity index (χ0) is 12.5.